The van der Waals surface area contributed by atoms with E-state index in [1.165, 1.54) is 0 Å². The molecule has 0 aliphatic carbocycles. The van der Waals surface area contributed by atoms with Crippen molar-refractivity contribution in [2.45, 2.75) is 40.2 Å². The Kier molecular flexibility index (Phi) is 6.90. The van der Waals surface area contributed by atoms with Crippen LogP contribution < -0.4 is 4.74 Å². The topological polar surface area (TPSA) is 34.1 Å². The number of halogens is 1. The number of aryl methyl sites for hydroxylation is 2. The molecule has 2 rings (SSSR count). The molecule has 0 amide bonds. The molecule has 0 heterocycles. The zero-order chi connectivity index (χ0) is 20.2. The van der Waals surface area contributed by atoms with E-state index in [4.69, 9.17) is 21.1 Å². The summed E-state index contributed by atoms with van der Waals surface area (Å²) in [6.07, 6.45) is 1.85. The Hall–Kier alpha value is -2.04. The first-order valence-electron chi connectivity index (χ1n) is 9.06. The lowest BCUT2D eigenvalue weighted by Crippen LogP contribution is -2.19. The van der Waals surface area contributed by atoms with E-state index < -0.39 is 5.60 Å². The largest absolute Gasteiger partial charge is 0.457 e. The lowest BCUT2D eigenvalue weighted by atomic mass is 9.98. The molecule has 4 nitrogen and oxygen atoms in total. The lowest BCUT2D eigenvalue weighted by molar-refractivity contribution is 0.0192. The fraction of sp³-hybridized carbons (Fsp3) is 0.409. The van der Waals surface area contributed by atoms with Gasteiger partial charge in [-0.15, -0.1) is 0 Å². The molecule has 0 aliphatic heterocycles. The summed E-state index contributed by atoms with van der Waals surface area (Å²) in [4.78, 5) is 6.60. The van der Waals surface area contributed by atoms with E-state index in [0.717, 1.165) is 40.4 Å². The smallest absolute Gasteiger partial charge is 0.130 e. The van der Waals surface area contributed by atoms with Crippen LogP contribution in [-0.4, -0.2) is 31.9 Å². The normalized spacial score (nSPS) is 11.9. The number of benzene rings is 2. The Morgan fingerprint density at radius 1 is 1.15 bits per heavy atom. The van der Waals surface area contributed by atoms with Gasteiger partial charge in [-0.2, -0.15) is 0 Å². The molecule has 0 aliphatic rings. The number of rotatable bonds is 7. The molecule has 0 aromatic heterocycles. The maximum Gasteiger partial charge on any atom is 0.130 e. The minimum Gasteiger partial charge on any atom is -0.457 e. The van der Waals surface area contributed by atoms with Crippen molar-refractivity contribution in [1.29, 1.82) is 0 Å². The monoisotopic (exact) mass is 388 g/mol. The van der Waals surface area contributed by atoms with Gasteiger partial charge in [-0.25, -0.2) is 4.99 Å². The fourth-order valence-electron chi connectivity index (χ4n) is 2.53. The van der Waals surface area contributed by atoms with Crippen LogP contribution in [0, 0.1) is 13.8 Å². The van der Waals surface area contributed by atoms with E-state index in [1.807, 2.05) is 76.3 Å². The quantitative estimate of drug-likeness (QED) is 0.415. The third-order valence-electron chi connectivity index (χ3n) is 4.71. The zero-order valence-electron chi connectivity index (χ0n) is 17.3. The summed E-state index contributed by atoms with van der Waals surface area (Å²) >= 11 is 6.36. The molecule has 27 heavy (non-hydrogen) atoms. The van der Waals surface area contributed by atoms with Crippen LogP contribution in [0.1, 0.15) is 37.5 Å². The first kappa shape index (κ1) is 21.3. The summed E-state index contributed by atoms with van der Waals surface area (Å²) in [6, 6.07) is 9.70. The predicted molar refractivity (Wildman–Crippen MR) is 114 cm³/mol. The van der Waals surface area contributed by atoms with Crippen molar-refractivity contribution >= 4 is 23.6 Å². The summed E-state index contributed by atoms with van der Waals surface area (Å²) in [5.41, 5.74) is 3.42. The summed E-state index contributed by atoms with van der Waals surface area (Å²) in [5, 5.41) is 0.659. The number of nitrogens with zero attached hydrogens (tertiary/aromatic N) is 2. The molecule has 0 saturated heterocycles. The van der Waals surface area contributed by atoms with Gasteiger partial charge >= 0.3 is 0 Å². The van der Waals surface area contributed by atoms with Gasteiger partial charge in [0.15, 0.2) is 0 Å². The molecule has 2 aromatic carbocycles. The molecule has 0 atom stereocenters. The van der Waals surface area contributed by atoms with Crippen molar-refractivity contribution in [2.75, 3.05) is 20.7 Å². The van der Waals surface area contributed by atoms with Crippen LogP contribution in [0.15, 0.2) is 35.3 Å². The highest BCUT2D eigenvalue weighted by molar-refractivity contribution is 6.31. The number of hydrogen-bond acceptors (Lipinski definition) is 3. The van der Waals surface area contributed by atoms with Gasteiger partial charge < -0.3 is 14.4 Å². The summed E-state index contributed by atoms with van der Waals surface area (Å²) in [5.74, 6) is 1.53. The number of ether oxygens (including phenoxy) is 2. The Bertz CT molecular complexity index is 831. The van der Waals surface area contributed by atoms with Gasteiger partial charge in [0.25, 0.3) is 0 Å². The standard InChI is InChI=1S/C22H29ClN2O2/c1-8-25(6)14-24-20-11-16(3)21(12-15(20)2)27-17-9-10-19(23)18(13-17)22(4,5)26-7/h9-14H,8H2,1-7H3. The van der Waals surface area contributed by atoms with Crippen molar-refractivity contribution in [3.8, 4) is 11.5 Å². The molecule has 146 valence electrons. The van der Waals surface area contributed by atoms with Crippen LogP contribution in [0.2, 0.25) is 5.02 Å². The van der Waals surface area contributed by atoms with Crippen LogP contribution in [0.4, 0.5) is 5.69 Å². The molecule has 0 unspecified atom stereocenters. The van der Waals surface area contributed by atoms with Crippen molar-refractivity contribution in [1.82, 2.24) is 4.90 Å². The predicted octanol–water partition coefficient (Wildman–Crippen LogP) is 6.24. The highest BCUT2D eigenvalue weighted by Crippen LogP contribution is 2.36. The van der Waals surface area contributed by atoms with E-state index in [0.29, 0.717) is 5.02 Å². The van der Waals surface area contributed by atoms with E-state index in [2.05, 4.69) is 11.9 Å². The van der Waals surface area contributed by atoms with E-state index in [1.54, 1.807) is 7.11 Å². The molecule has 0 spiro atoms. The first-order valence-corrected chi connectivity index (χ1v) is 9.44. The fourth-order valence-corrected chi connectivity index (χ4v) is 2.88. The highest BCUT2D eigenvalue weighted by Gasteiger charge is 2.23. The second-order valence-corrected chi connectivity index (χ2v) is 7.59. The molecular weight excluding hydrogens is 360 g/mol. The summed E-state index contributed by atoms with van der Waals surface area (Å²) in [7, 11) is 3.68. The van der Waals surface area contributed by atoms with Gasteiger partial charge in [0.05, 0.1) is 17.6 Å². The minimum absolute atomic E-state index is 0.495. The van der Waals surface area contributed by atoms with Crippen LogP contribution in [0.3, 0.4) is 0 Å². The number of aliphatic imine (C=N–C) groups is 1. The molecule has 0 bridgehead atoms. The Morgan fingerprint density at radius 3 is 2.48 bits per heavy atom. The maximum atomic E-state index is 6.36. The minimum atomic E-state index is -0.495. The van der Waals surface area contributed by atoms with E-state index >= 15 is 0 Å². The van der Waals surface area contributed by atoms with Crippen LogP contribution in [0.5, 0.6) is 11.5 Å². The van der Waals surface area contributed by atoms with E-state index in [9.17, 15) is 0 Å². The van der Waals surface area contributed by atoms with Crippen LogP contribution >= 0.6 is 11.6 Å². The van der Waals surface area contributed by atoms with Crippen molar-refractivity contribution in [2.24, 2.45) is 4.99 Å². The summed E-state index contributed by atoms with van der Waals surface area (Å²) in [6.45, 7) is 11.0. The molecular formula is C22H29ClN2O2. The molecule has 0 saturated carbocycles. The Labute approximate surface area is 167 Å². The van der Waals surface area contributed by atoms with Crippen LogP contribution in [0.25, 0.3) is 0 Å². The van der Waals surface area contributed by atoms with Crippen molar-refractivity contribution in [3.05, 3.63) is 52.0 Å². The molecule has 0 radical (unpaired) electrons. The molecule has 2 aromatic rings. The average molecular weight is 389 g/mol. The van der Waals surface area contributed by atoms with Gasteiger partial charge in [0.2, 0.25) is 0 Å². The van der Waals surface area contributed by atoms with Gasteiger partial charge in [0.1, 0.15) is 11.5 Å². The van der Waals surface area contributed by atoms with Crippen LogP contribution in [-0.2, 0) is 10.3 Å². The number of hydrogen-bond donors (Lipinski definition) is 0. The van der Waals surface area contributed by atoms with E-state index in [-0.39, 0.29) is 0 Å². The highest BCUT2D eigenvalue weighted by atomic mass is 35.5. The second kappa shape index (κ2) is 8.77. The maximum absolute atomic E-state index is 6.36. The molecule has 0 N–H and O–H groups in total. The second-order valence-electron chi connectivity index (χ2n) is 7.18. The average Bonchev–Trinajstić information content (AvgIpc) is 2.64. The SMILES string of the molecule is CCN(C)C=Nc1cc(C)c(Oc2ccc(Cl)c(C(C)(C)OC)c2)cc1C. The lowest BCUT2D eigenvalue weighted by Gasteiger charge is -2.25. The molecule has 0 fully saturated rings. The molecule has 5 heteroatoms. The van der Waals surface area contributed by atoms with Gasteiger partial charge in [-0.1, -0.05) is 11.6 Å². The van der Waals surface area contributed by atoms with Crippen molar-refractivity contribution < 1.29 is 9.47 Å². The van der Waals surface area contributed by atoms with Gasteiger partial charge in [-0.3, -0.25) is 0 Å². The Morgan fingerprint density at radius 2 is 1.85 bits per heavy atom. The third-order valence-corrected chi connectivity index (χ3v) is 5.04. The van der Waals surface area contributed by atoms with Gasteiger partial charge in [-0.05, 0) is 76.1 Å². The zero-order valence-corrected chi connectivity index (χ0v) is 18.0. The Balaban J connectivity index is 2.32. The van der Waals surface area contributed by atoms with Gasteiger partial charge in [0, 0.05) is 31.3 Å². The number of methoxy groups -OCH3 is 1. The van der Waals surface area contributed by atoms with Crippen molar-refractivity contribution in [3.63, 3.8) is 0 Å². The summed E-state index contributed by atoms with van der Waals surface area (Å²) < 4.78 is 11.7. The third kappa shape index (κ3) is 5.24. The first-order chi connectivity index (χ1) is 12.7.